The first-order valence-electron chi connectivity index (χ1n) is 5.70. The average molecular weight is 438 g/mol. The zero-order chi connectivity index (χ0) is 14.3. The maximum atomic E-state index is 11.4. The lowest BCUT2D eigenvalue weighted by atomic mass is 10.1. The molecule has 1 amide bonds. The topological polar surface area (TPSA) is 38.3 Å². The highest BCUT2D eigenvalue weighted by atomic mass is 79.9. The van der Waals surface area contributed by atoms with Crippen molar-refractivity contribution in [1.29, 1.82) is 0 Å². The lowest BCUT2D eigenvalue weighted by Gasteiger charge is -2.19. The molecule has 1 aromatic carbocycles. The summed E-state index contributed by atoms with van der Waals surface area (Å²) in [5.74, 6) is 0.517. The minimum Gasteiger partial charge on any atom is -0.482 e. The molecule has 20 heavy (non-hydrogen) atoms. The summed E-state index contributed by atoms with van der Waals surface area (Å²) in [5.41, 5.74) is 2.56. The van der Waals surface area contributed by atoms with E-state index in [4.69, 9.17) is 16.3 Å². The van der Waals surface area contributed by atoms with E-state index in [1.165, 1.54) is 0 Å². The van der Waals surface area contributed by atoms with Crippen LogP contribution in [0.15, 0.2) is 31.8 Å². The molecule has 1 atom stereocenters. The van der Waals surface area contributed by atoms with Crippen molar-refractivity contribution in [1.82, 2.24) is 0 Å². The van der Waals surface area contributed by atoms with Gasteiger partial charge in [0.2, 0.25) is 0 Å². The Morgan fingerprint density at radius 2 is 2.15 bits per heavy atom. The Morgan fingerprint density at radius 1 is 1.35 bits per heavy atom. The number of carbonyl (C=O) groups excluding carboxylic acids is 1. The minimum atomic E-state index is -0.295. The van der Waals surface area contributed by atoms with Gasteiger partial charge in [0.1, 0.15) is 5.75 Å². The maximum Gasteiger partial charge on any atom is 0.262 e. The molecule has 2 heterocycles. The Hall–Kier alpha value is -0.560. The molecule has 0 saturated heterocycles. The summed E-state index contributed by atoms with van der Waals surface area (Å²) in [7, 11) is 0. The molecule has 7 heteroatoms. The van der Waals surface area contributed by atoms with Crippen LogP contribution in [0.1, 0.15) is 16.5 Å². The van der Waals surface area contributed by atoms with Gasteiger partial charge in [-0.15, -0.1) is 22.9 Å². The maximum absolute atomic E-state index is 11.4. The van der Waals surface area contributed by atoms with Crippen molar-refractivity contribution >= 4 is 66.4 Å². The van der Waals surface area contributed by atoms with Gasteiger partial charge in [-0.3, -0.25) is 4.79 Å². The number of thiophene rings is 1. The SMILES string of the molecule is O=C1COc2ccc(C(Cl)c3cc(Br)sc3Br)cc2N1. The van der Waals surface area contributed by atoms with Gasteiger partial charge >= 0.3 is 0 Å². The number of halogens is 3. The Morgan fingerprint density at radius 3 is 2.85 bits per heavy atom. The summed E-state index contributed by atoms with van der Waals surface area (Å²) in [5, 5.41) is 2.49. The van der Waals surface area contributed by atoms with Crippen molar-refractivity contribution in [3.63, 3.8) is 0 Å². The second-order valence-corrected chi connectivity index (χ2v) is 8.42. The Kier molecular flexibility index (Phi) is 4.08. The predicted octanol–water partition coefficient (Wildman–Crippen LogP) is 4.93. The highest BCUT2D eigenvalue weighted by Gasteiger charge is 2.21. The summed E-state index contributed by atoms with van der Waals surface area (Å²) < 4.78 is 7.34. The molecule has 104 valence electrons. The highest BCUT2D eigenvalue weighted by Crippen LogP contribution is 2.42. The van der Waals surface area contributed by atoms with E-state index in [0.717, 1.165) is 18.7 Å². The fraction of sp³-hybridized carbons (Fsp3) is 0.154. The van der Waals surface area contributed by atoms with Gasteiger partial charge in [-0.2, -0.15) is 0 Å². The third kappa shape index (κ3) is 2.74. The van der Waals surface area contributed by atoms with Crippen LogP contribution in [-0.2, 0) is 4.79 Å². The molecule has 1 aliphatic rings. The monoisotopic (exact) mass is 435 g/mol. The smallest absolute Gasteiger partial charge is 0.262 e. The molecule has 1 unspecified atom stereocenters. The van der Waals surface area contributed by atoms with Gasteiger partial charge in [-0.25, -0.2) is 0 Å². The average Bonchev–Trinajstić information content (AvgIpc) is 2.76. The fourth-order valence-electron chi connectivity index (χ4n) is 1.96. The summed E-state index contributed by atoms with van der Waals surface area (Å²) in [6.45, 7) is 0.0552. The van der Waals surface area contributed by atoms with Crippen LogP contribution in [0.2, 0.25) is 0 Å². The normalized spacial score (nSPS) is 15.2. The summed E-state index contributed by atoms with van der Waals surface area (Å²) in [4.78, 5) is 11.4. The number of amides is 1. The molecule has 0 spiro atoms. The van der Waals surface area contributed by atoms with Gasteiger partial charge < -0.3 is 10.1 Å². The first-order valence-corrected chi connectivity index (χ1v) is 8.54. The molecule has 1 aliphatic heterocycles. The zero-order valence-electron chi connectivity index (χ0n) is 9.95. The lowest BCUT2D eigenvalue weighted by Crippen LogP contribution is -2.25. The first-order chi connectivity index (χ1) is 9.54. The molecule has 2 aromatic rings. The van der Waals surface area contributed by atoms with Crippen LogP contribution < -0.4 is 10.1 Å². The molecular formula is C13H8Br2ClNO2S. The molecule has 0 aliphatic carbocycles. The minimum absolute atomic E-state index is 0.0552. The van der Waals surface area contributed by atoms with E-state index < -0.39 is 0 Å². The van der Waals surface area contributed by atoms with E-state index in [9.17, 15) is 4.79 Å². The molecule has 0 bridgehead atoms. The van der Waals surface area contributed by atoms with Crippen molar-refractivity contribution in [2.75, 3.05) is 11.9 Å². The van der Waals surface area contributed by atoms with Crippen LogP contribution in [0.4, 0.5) is 5.69 Å². The molecule has 3 rings (SSSR count). The number of anilines is 1. The molecular weight excluding hydrogens is 429 g/mol. The number of benzene rings is 1. The van der Waals surface area contributed by atoms with Gasteiger partial charge in [-0.1, -0.05) is 6.07 Å². The van der Waals surface area contributed by atoms with Gasteiger partial charge in [0.15, 0.2) is 6.61 Å². The van der Waals surface area contributed by atoms with E-state index in [0.29, 0.717) is 11.4 Å². The van der Waals surface area contributed by atoms with Crippen molar-refractivity contribution < 1.29 is 9.53 Å². The fourth-order valence-corrected chi connectivity index (χ4v) is 5.37. The number of alkyl halides is 1. The summed E-state index contributed by atoms with van der Waals surface area (Å²) >= 11 is 15.1. The highest BCUT2D eigenvalue weighted by molar-refractivity contribution is 9.12. The summed E-state index contributed by atoms with van der Waals surface area (Å²) in [6, 6.07) is 7.57. The van der Waals surface area contributed by atoms with Crippen molar-refractivity contribution in [2.24, 2.45) is 0 Å². The van der Waals surface area contributed by atoms with Crippen LogP contribution in [0.25, 0.3) is 0 Å². The van der Waals surface area contributed by atoms with Crippen LogP contribution in [0, 0.1) is 0 Å². The lowest BCUT2D eigenvalue weighted by molar-refractivity contribution is -0.118. The number of carbonyl (C=O) groups is 1. The standard InChI is InChI=1S/C13H8Br2ClNO2S/c14-10-4-7(13(15)20-10)12(16)6-1-2-9-8(3-6)17-11(18)5-19-9/h1-4,12H,5H2,(H,17,18). The number of nitrogens with one attached hydrogen (secondary N) is 1. The molecule has 3 nitrogen and oxygen atoms in total. The number of ether oxygens (including phenoxy) is 1. The van der Waals surface area contributed by atoms with E-state index in [1.807, 2.05) is 24.3 Å². The van der Waals surface area contributed by atoms with E-state index in [1.54, 1.807) is 11.3 Å². The van der Waals surface area contributed by atoms with Gasteiger partial charge in [-0.05, 0) is 55.6 Å². The van der Waals surface area contributed by atoms with Gasteiger partial charge in [0.05, 0.1) is 18.6 Å². The third-order valence-corrected chi connectivity index (χ3v) is 5.76. The van der Waals surface area contributed by atoms with Crippen LogP contribution in [-0.4, -0.2) is 12.5 Å². The van der Waals surface area contributed by atoms with Gasteiger partial charge in [0, 0.05) is 5.56 Å². The second-order valence-electron chi connectivity index (χ2n) is 4.23. The molecule has 1 aromatic heterocycles. The molecule has 1 N–H and O–H groups in total. The largest absolute Gasteiger partial charge is 0.482 e. The first kappa shape index (κ1) is 14.4. The van der Waals surface area contributed by atoms with E-state index in [2.05, 4.69) is 37.2 Å². The second kappa shape index (κ2) is 5.67. The quantitative estimate of drug-likeness (QED) is 0.677. The van der Waals surface area contributed by atoms with E-state index >= 15 is 0 Å². The molecule has 0 radical (unpaired) electrons. The van der Waals surface area contributed by atoms with Crippen LogP contribution in [0.5, 0.6) is 5.75 Å². The Labute approximate surface area is 141 Å². The third-order valence-electron chi connectivity index (χ3n) is 2.89. The molecule has 0 saturated carbocycles. The number of hydrogen-bond donors (Lipinski definition) is 1. The Balaban J connectivity index is 1.96. The van der Waals surface area contributed by atoms with Crippen LogP contribution >= 0.6 is 54.8 Å². The number of rotatable bonds is 2. The Bertz CT molecular complexity index is 689. The van der Waals surface area contributed by atoms with Crippen molar-refractivity contribution in [3.05, 3.63) is 43.0 Å². The van der Waals surface area contributed by atoms with E-state index in [-0.39, 0.29) is 17.9 Å². The van der Waals surface area contributed by atoms with Crippen LogP contribution in [0.3, 0.4) is 0 Å². The zero-order valence-corrected chi connectivity index (χ0v) is 14.7. The van der Waals surface area contributed by atoms with Crippen molar-refractivity contribution in [3.8, 4) is 5.75 Å². The number of fused-ring (bicyclic) bond motifs is 1. The number of hydrogen-bond acceptors (Lipinski definition) is 3. The summed E-state index contributed by atoms with van der Waals surface area (Å²) in [6.07, 6.45) is 0. The molecule has 0 fully saturated rings. The van der Waals surface area contributed by atoms with Crippen molar-refractivity contribution in [2.45, 2.75) is 5.38 Å². The van der Waals surface area contributed by atoms with Gasteiger partial charge in [0.25, 0.3) is 5.91 Å². The predicted molar refractivity (Wildman–Crippen MR) is 88.0 cm³/mol.